The third-order valence-electron chi connectivity index (χ3n) is 17.1. The van der Waals surface area contributed by atoms with Crippen molar-refractivity contribution in [2.75, 3.05) is 0 Å². The van der Waals surface area contributed by atoms with Crippen LogP contribution in [0.4, 0.5) is 0 Å². The van der Waals surface area contributed by atoms with Crippen LogP contribution in [0.5, 0.6) is 0 Å². The average molecular weight is 1060 g/mol. The molecule has 0 atom stereocenters. The standard InChI is InChI=1S/C78H53N3Si/c1-5-23-54(24-6-1)56-27-21-33-65(49-56)82(63-29-9-3-10-30-63,64-31-11-4-12-32-64)66-34-22-28-57(50-66)59-47-61(80-75-41-19-15-37-69(75)71-51-58(43-45-77(71)80)55-25-7-2-8-26-55)52-62(48-59)81-76-42-20-16-38-70(76)72-53-60(44-46-78(72)81)79-73-39-17-13-35-67(73)68-36-14-18-40-74(68)79/h1-53H. The molecule has 0 unspecified atom stereocenters. The summed E-state index contributed by atoms with van der Waals surface area (Å²) in [5.74, 6) is 0. The first kappa shape index (κ1) is 47.5. The second kappa shape index (κ2) is 19.4. The summed E-state index contributed by atoms with van der Waals surface area (Å²) in [6, 6.07) is 120. The summed E-state index contributed by atoms with van der Waals surface area (Å²) in [5.41, 5.74) is 17.5. The second-order valence-electron chi connectivity index (χ2n) is 21.6. The molecule has 82 heavy (non-hydrogen) atoms. The molecule has 0 aliphatic carbocycles. The van der Waals surface area contributed by atoms with Crippen molar-refractivity contribution in [2.24, 2.45) is 0 Å². The van der Waals surface area contributed by atoms with Gasteiger partial charge in [-0.3, -0.25) is 0 Å². The van der Waals surface area contributed by atoms with Gasteiger partial charge in [-0.2, -0.15) is 0 Å². The van der Waals surface area contributed by atoms with Gasteiger partial charge in [0.05, 0.1) is 33.1 Å². The van der Waals surface area contributed by atoms with Crippen molar-refractivity contribution < 1.29 is 0 Å². The summed E-state index contributed by atoms with van der Waals surface area (Å²) in [5, 5.41) is 12.7. The van der Waals surface area contributed by atoms with E-state index in [1.54, 1.807) is 0 Å². The van der Waals surface area contributed by atoms with Crippen molar-refractivity contribution in [3.8, 4) is 50.4 Å². The Labute approximate surface area is 477 Å². The van der Waals surface area contributed by atoms with Gasteiger partial charge < -0.3 is 13.7 Å². The molecular formula is C78H53N3Si. The van der Waals surface area contributed by atoms with E-state index in [0.717, 1.165) is 50.3 Å². The summed E-state index contributed by atoms with van der Waals surface area (Å²) >= 11 is 0. The van der Waals surface area contributed by atoms with Crippen molar-refractivity contribution in [2.45, 2.75) is 0 Å². The topological polar surface area (TPSA) is 14.8 Å². The summed E-state index contributed by atoms with van der Waals surface area (Å²) < 4.78 is 7.42. The first-order valence-electron chi connectivity index (χ1n) is 28.3. The van der Waals surface area contributed by atoms with E-state index in [9.17, 15) is 0 Å². The van der Waals surface area contributed by atoms with Crippen molar-refractivity contribution >= 4 is 94.2 Å². The zero-order valence-electron chi connectivity index (χ0n) is 44.9. The van der Waals surface area contributed by atoms with E-state index in [1.165, 1.54) is 86.4 Å². The number of benzene rings is 13. The van der Waals surface area contributed by atoms with Crippen molar-refractivity contribution in [3.63, 3.8) is 0 Å². The maximum atomic E-state index is 2.52. The Balaban J connectivity index is 0.961. The summed E-state index contributed by atoms with van der Waals surface area (Å²) in [6.45, 7) is 0. The van der Waals surface area contributed by atoms with Gasteiger partial charge in [-0.15, -0.1) is 0 Å². The lowest BCUT2D eigenvalue weighted by molar-refractivity contribution is 1.13. The molecule has 0 saturated heterocycles. The molecule has 0 radical (unpaired) electrons. The summed E-state index contributed by atoms with van der Waals surface area (Å²) in [6.07, 6.45) is 0. The third kappa shape index (κ3) is 7.57. The molecule has 13 aromatic carbocycles. The second-order valence-corrected chi connectivity index (χ2v) is 25.4. The van der Waals surface area contributed by atoms with Gasteiger partial charge in [0.2, 0.25) is 0 Å². The minimum absolute atomic E-state index is 1.09. The van der Waals surface area contributed by atoms with Crippen LogP contribution in [0.25, 0.3) is 116 Å². The fraction of sp³-hybridized carbons (Fsp3) is 0. The van der Waals surface area contributed by atoms with Crippen LogP contribution >= 0.6 is 0 Å². The zero-order valence-corrected chi connectivity index (χ0v) is 45.9. The van der Waals surface area contributed by atoms with Gasteiger partial charge in [-0.1, -0.05) is 249 Å². The van der Waals surface area contributed by atoms with Gasteiger partial charge in [-0.05, 0) is 127 Å². The van der Waals surface area contributed by atoms with Crippen molar-refractivity contribution in [1.29, 1.82) is 0 Å². The fourth-order valence-corrected chi connectivity index (χ4v) is 18.4. The molecule has 0 amide bonds. The molecule has 3 nitrogen and oxygen atoms in total. The SMILES string of the molecule is c1ccc(-c2cccc([Si](c3ccccc3)(c3ccccc3)c3cccc(-c4cc(-n5c6ccccc6c6cc(-c7ccccc7)ccc65)cc(-n5c6ccccc6c6cc(-n7c8ccccc8c8ccccc87)ccc65)c4)c3)c2)cc1. The number of rotatable bonds is 10. The first-order chi connectivity index (χ1) is 40.7. The highest BCUT2D eigenvalue weighted by atomic mass is 28.3. The fourth-order valence-electron chi connectivity index (χ4n) is 13.5. The van der Waals surface area contributed by atoms with Crippen LogP contribution in [0.15, 0.2) is 322 Å². The number of nitrogens with zero attached hydrogens (tertiary/aromatic N) is 3. The lowest BCUT2D eigenvalue weighted by Crippen LogP contribution is -2.74. The number of hydrogen-bond donors (Lipinski definition) is 0. The van der Waals surface area contributed by atoms with Crippen LogP contribution < -0.4 is 20.7 Å². The molecule has 0 aliphatic rings. The van der Waals surface area contributed by atoms with E-state index in [-0.39, 0.29) is 0 Å². The number of fused-ring (bicyclic) bond motifs is 9. The highest BCUT2D eigenvalue weighted by Crippen LogP contribution is 2.41. The molecule has 3 aromatic heterocycles. The van der Waals surface area contributed by atoms with Crippen molar-refractivity contribution in [1.82, 2.24) is 13.7 Å². The maximum Gasteiger partial charge on any atom is 0.179 e. The van der Waals surface area contributed by atoms with E-state index < -0.39 is 8.07 Å². The number of para-hydroxylation sites is 4. The van der Waals surface area contributed by atoms with Crippen LogP contribution in [-0.4, -0.2) is 21.8 Å². The predicted octanol–water partition coefficient (Wildman–Crippen LogP) is 17.4. The molecule has 0 spiro atoms. The third-order valence-corrected chi connectivity index (χ3v) is 21.9. The van der Waals surface area contributed by atoms with E-state index in [0.29, 0.717) is 0 Å². The van der Waals surface area contributed by atoms with Crippen LogP contribution in [0.3, 0.4) is 0 Å². The quantitative estimate of drug-likeness (QED) is 0.0958. The molecule has 0 saturated carbocycles. The van der Waals surface area contributed by atoms with E-state index in [1.807, 2.05) is 0 Å². The normalized spacial score (nSPS) is 11.9. The Morgan fingerprint density at radius 3 is 0.976 bits per heavy atom. The highest BCUT2D eigenvalue weighted by molar-refractivity contribution is 7.20. The highest BCUT2D eigenvalue weighted by Gasteiger charge is 2.42. The molecular weight excluding hydrogens is 1010 g/mol. The lowest BCUT2D eigenvalue weighted by atomic mass is 10.0. The van der Waals surface area contributed by atoms with Gasteiger partial charge in [0, 0.05) is 49.4 Å². The molecule has 0 fully saturated rings. The van der Waals surface area contributed by atoms with Crippen molar-refractivity contribution in [3.05, 3.63) is 322 Å². The first-order valence-corrected chi connectivity index (χ1v) is 30.3. The molecule has 0 N–H and O–H groups in total. The summed E-state index contributed by atoms with van der Waals surface area (Å²) in [7, 11) is -3.02. The van der Waals surface area contributed by atoms with Crippen LogP contribution in [0, 0.1) is 0 Å². The Morgan fingerprint density at radius 2 is 0.500 bits per heavy atom. The molecule has 16 rings (SSSR count). The lowest BCUT2D eigenvalue weighted by Gasteiger charge is -2.35. The maximum absolute atomic E-state index is 3.02. The van der Waals surface area contributed by atoms with E-state index in [4.69, 9.17) is 0 Å². The molecule has 3 heterocycles. The molecule has 0 aliphatic heterocycles. The van der Waals surface area contributed by atoms with E-state index >= 15 is 0 Å². The Morgan fingerprint density at radius 1 is 0.171 bits per heavy atom. The summed E-state index contributed by atoms with van der Waals surface area (Å²) in [4.78, 5) is 0. The molecule has 0 bridgehead atoms. The zero-order chi connectivity index (χ0) is 54.1. The van der Waals surface area contributed by atoms with Crippen LogP contribution in [-0.2, 0) is 0 Å². The minimum Gasteiger partial charge on any atom is -0.309 e. The molecule has 384 valence electrons. The Kier molecular flexibility index (Phi) is 11.2. The number of hydrogen-bond acceptors (Lipinski definition) is 0. The Hall–Kier alpha value is -10.5. The average Bonchev–Trinajstić information content (AvgIpc) is 4.36. The predicted molar refractivity (Wildman–Crippen MR) is 349 cm³/mol. The smallest absolute Gasteiger partial charge is 0.179 e. The van der Waals surface area contributed by atoms with Gasteiger partial charge in [0.1, 0.15) is 0 Å². The van der Waals surface area contributed by atoms with Gasteiger partial charge >= 0.3 is 0 Å². The van der Waals surface area contributed by atoms with Crippen LogP contribution in [0.1, 0.15) is 0 Å². The van der Waals surface area contributed by atoms with Gasteiger partial charge in [0.15, 0.2) is 8.07 Å². The largest absolute Gasteiger partial charge is 0.309 e. The Bertz CT molecular complexity index is 5000. The molecule has 4 heteroatoms. The van der Waals surface area contributed by atoms with Gasteiger partial charge in [-0.25, -0.2) is 0 Å². The van der Waals surface area contributed by atoms with Gasteiger partial charge in [0.25, 0.3) is 0 Å². The minimum atomic E-state index is -3.02. The van der Waals surface area contributed by atoms with Crippen LogP contribution in [0.2, 0.25) is 0 Å². The molecule has 16 aromatic rings. The number of aromatic nitrogens is 3. The monoisotopic (exact) mass is 1060 g/mol. The van der Waals surface area contributed by atoms with E-state index in [2.05, 4.69) is 335 Å².